The van der Waals surface area contributed by atoms with Gasteiger partial charge in [-0.05, 0) is 76.4 Å². The number of alkyl carbamates (subject to hydrolysis) is 1. The first kappa shape index (κ1) is 20.8. The van der Waals surface area contributed by atoms with E-state index >= 15 is 0 Å². The molecule has 3 rings (SSSR count). The second kappa shape index (κ2) is 10.6. The zero-order valence-electron chi connectivity index (χ0n) is 17.4. The highest BCUT2D eigenvalue weighted by atomic mass is 16.6. The third-order valence-electron chi connectivity index (χ3n) is 5.37. The summed E-state index contributed by atoms with van der Waals surface area (Å²) in [6.45, 7) is 10.5. The lowest BCUT2D eigenvalue weighted by atomic mass is 10.1. The van der Waals surface area contributed by atoms with Crippen molar-refractivity contribution in [1.82, 2.24) is 10.2 Å². The fourth-order valence-electron chi connectivity index (χ4n) is 3.98. The van der Waals surface area contributed by atoms with E-state index in [1.807, 2.05) is 13.8 Å². The minimum Gasteiger partial charge on any atom is -0.494 e. The maximum Gasteiger partial charge on any atom is 0.407 e. The van der Waals surface area contributed by atoms with Gasteiger partial charge in [0.15, 0.2) is 0 Å². The average Bonchev–Trinajstić information content (AvgIpc) is 3.08. The summed E-state index contributed by atoms with van der Waals surface area (Å²) in [5.41, 5.74) is 2.58. The Balaban J connectivity index is 1.38. The Morgan fingerprint density at radius 2 is 1.96 bits per heavy atom. The quantitative estimate of drug-likeness (QED) is 0.656. The number of hydrogen-bond acceptors (Lipinski definition) is 5. The second-order valence-corrected chi connectivity index (χ2v) is 8.01. The Kier molecular flexibility index (Phi) is 7.83. The van der Waals surface area contributed by atoms with E-state index < -0.39 is 0 Å². The van der Waals surface area contributed by atoms with Gasteiger partial charge in [0.2, 0.25) is 0 Å². The Hall–Kier alpha value is -1.95. The van der Waals surface area contributed by atoms with Crippen molar-refractivity contribution in [2.24, 2.45) is 0 Å². The standard InChI is InChI=1S/C22H35N3O3/c1-18(2)28-22(26)23-10-15-25-14-9-19-17-20(7-8-21(19)25)27-16-6-13-24-11-4-3-5-12-24/h7-8,17-18H,3-6,9-16H2,1-2H3,(H,23,26). The van der Waals surface area contributed by atoms with Crippen molar-refractivity contribution in [3.8, 4) is 5.75 Å². The van der Waals surface area contributed by atoms with E-state index in [-0.39, 0.29) is 12.2 Å². The van der Waals surface area contributed by atoms with Crippen molar-refractivity contribution in [2.75, 3.05) is 50.8 Å². The van der Waals surface area contributed by atoms with Crippen LogP contribution in [0.1, 0.15) is 45.1 Å². The molecule has 1 amide bonds. The van der Waals surface area contributed by atoms with E-state index in [9.17, 15) is 4.79 Å². The van der Waals surface area contributed by atoms with Crippen LogP contribution in [0, 0.1) is 0 Å². The summed E-state index contributed by atoms with van der Waals surface area (Å²) in [5.74, 6) is 0.970. The van der Waals surface area contributed by atoms with Crippen molar-refractivity contribution in [3.63, 3.8) is 0 Å². The minimum atomic E-state index is -0.345. The molecule has 28 heavy (non-hydrogen) atoms. The molecule has 0 saturated carbocycles. The first-order valence-corrected chi connectivity index (χ1v) is 10.8. The molecule has 0 aromatic heterocycles. The number of carbonyl (C=O) groups excluding carboxylic acids is 1. The molecule has 0 unspecified atom stereocenters. The summed E-state index contributed by atoms with van der Waals surface area (Å²) >= 11 is 0. The first-order chi connectivity index (χ1) is 13.6. The first-order valence-electron chi connectivity index (χ1n) is 10.8. The normalized spacial score (nSPS) is 16.9. The van der Waals surface area contributed by atoms with Gasteiger partial charge >= 0.3 is 6.09 Å². The molecule has 1 aromatic rings. The molecule has 6 nitrogen and oxygen atoms in total. The summed E-state index contributed by atoms with van der Waals surface area (Å²) < 4.78 is 11.1. The third kappa shape index (κ3) is 6.30. The molecule has 1 N–H and O–H groups in total. The Morgan fingerprint density at radius 3 is 2.75 bits per heavy atom. The fraction of sp³-hybridized carbons (Fsp3) is 0.682. The Morgan fingerprint density at radius 1 is 1.14 bits per heavy atom. The predicted molar refractivity (Wildman–Crippen MR) is 112 cm³/mol. The van der Waals surface area contributed by atoms with Crippen molar-refractivity contribution < 1.29 is 14.3 Å². The number of benzene rings is 1. The molecule has 156 valence electrons. The van der Waals surface area contributed by atoms with Gasteiger partial charge in [-0.3, -0.25) is 0 Å². The van der Waals surface area contributed by atoms with Gasteiger partial charge in [0, 0.05) is 31.9 Å². The average molecular weight is 390 g/mol. The number of nitrogens with zero attached hydrogens (tertiary/aromatic N) is 2. The van der Waals surface area contributed by atoms with Crippen LogP contribution in [0.4, 0.5) is 10.5 Å². The fourth-order valence-corrected chi connectivity index (χ4v) is 3.98. The van der Waals surface area contributed by atoms with E-state index in [1.54, 1.807) is 0 Å². The van der Waals surface area contributed by atoms with E-state index in [1.165, 1.54) is 43.6 Å². The molecule has 0 radical (unpaired) electrons. The Bertz CT molecular complexity index is 629. The van der Waals surface area contributed by atoms with E-state index in [4.69, 9.17) is 9.47 Å². The van der Waals surface area contributed by atoms with Crippen LogP contribution in [0.5, 0.6) is 5.75 Å². The molecule has 1 fully saturated rings. The molecule has 2 aliphatic rings. The molecule has 1 aromatic carbocycles. The van der Waals surface area contributed by atoms with Crippen LogP contribution in [0.25, 0.3) is 0 Å². The number of likely N-dealkylation sites (tertiary alicyclic amines) is 1. The van der Waals surface area contributed by atoms with Crippen LogP contribution < -0.4 is 15.0 Å². The van der Waals surface area contributed by atoms with Gasteiger partial charge in [-0.1, -0.05) is 6.42 Å². The van der Waals surface area contributed by atoms with Crippen LogP contribution in [-0.4, -0.2) is 63.0 Å². The monoisotopic (exact) mass is 389 g/mol. The molecule has 2 aliphatic heterocycles. The number of nitrogens with one attached hydrogen (secondary N) is 1. The van der Waals surface area contributed by atoms with Gasteiger partial charge in [-0.15, -0.1) is 0 Å². The number of fused-ring (bicyclic) bond motifs is 1. The van der Waals surface area contributed by atoms with E-state index in [0.717, 1.165) is 44.8 Å². The Labute approximate surface area is 169 Å². The van der Waals surface area contributed by atoms with Crippen LogP contribution in [0.3, 0.4) is 0 Å². The molecule has 0 atom stereocenters. The molecular weight excluding hydrogens is 354 g/mol. The van der Waals surface area contributed by atoms with Gasteiger partial charge in [0.25, 0.3) is 0 Å². The SMILES string of the molecule is CC(C)OC(=O)NCCN1CCc2cc(OCCCN3CCCCC3)ccc21. The smallest absolute Gasteiger partial charge is 0.407 e. The number of ether oxygens (including phenoxy) is 2. The van der Waals surface area contributed by atoms with Crippen molar-refractivity contribution >= 4 is 11.8 Å². The summed E-state index contributed by atoms with van der Waals surface area (Å²) in [6.07, 6.45) is 5.75. The van der Waals surface area contributed by atoms with Crippen LogP contribution in [0.15, 0.2) is 18.2 Å². The summed E-state index contributed by atoms with van der Waals surface area (Å²) in [7, 11) is 0. The number of carbonyl (C=O) groups is 1. The molecule has 1 saturated heterocycles. The number of anilines is 1. The van der Waals surface area contributed by atoms with Gasteiger partial charge in [0.1, 0.15) is 5.75 Å². The predicted octanol–water partition coefficient (Wildman–Crippen LogP) is 3.44. The molecule has 6 heteroatoms. The molecule has 0 bridgehead atoms. The summed E-state index contributed by atoms with van der Waals surface area (Å²) in [4.78, 5) is 16.4. The third-order valence-corrected chi connectivity index (χ3v) is 5.37. The molecule has 2 heterocycles. The molecular formula is C22H35N3O3. The number of amides is 1. The minimum absolute atomic E-state index is 0.0919. The van der Waals surface area contributed by atoms with Crippen molar-refractivity contribution in [3.05, 3.63) is 23.8 Å². The van der Waals surface area contributed by atoms with Gasteiger partial charge in [-0.25, -0.2) is 4.79 Å². The zero-order chi connectivity index (χ0) is 19.8. The summed E-state index contributed by atoms with van der Waals surface area (Å²) in [5, 5.41) is 2.81. The number of hydrogen-bond donors (Lipinski definition) is 1. The highest BCUT2D eigenvalue weighted by molar-refractivity contribution is 5.67. The maximum absolute atomic E-state index is 11.6. The highest BCUT2D eigenvalue weighted by Gasteiger charge is 2.19. The highest BCUT2D eigenvalue weighted by Crippen LogP contribution is 2.31. The van der Waals surface area contributed by atoms with Crippen molar-refractivity contribution in [1.29, 1.82) is 0 Å². The zero-order valence-corrected chi connectivity index (χ0v) is 17.4. The lowest BCUT2D eigenvalue weighted by Crippen LogP contribution is -2.35. The van der Waals surface area contributed by atoms with Crippen LogP contribution in [-0.2, 0) is 11.2 Å². The molecule has 0 aliphatic carbocycles. The largest absolute Gasteiger partial charge is 0.494 e. The second-order valence-electron chi connectivity index (χ2n) is 8.01. The van der Waals surface area contributed by atoms with Gasteiger partial charge in [-0.2, -0.15) is 0 Å². The van der Waals surface area contributed by atoms with Crippen LogP contribution in [0.2, 0.25) is 0 Å². The van der Waals surface area contributed by atoms with Gasteiger partial charge < -0.3 is 24.6 Å². The number of rotatable bonds is 9. The number of piperidine rings is 1. The van der Waals surface area contributed by atoms with E-state index in [2.05, 4.69) is 33.3 Å². The molecule has 0 spiro atoms. The van der Waals surface area contributed by atoms with Crippen LogP contribution >= 0.6 is 0 Å². The van der Waals surface area contributed by atoms with Crippen molar-refractivity contribution in [2.45, 2.75) is 52.1 Å². The van der Waals surface area contributed by atoms with E-state index in [0.29, 0.717) is 6.54 Å². The topological polar surface area (TPSA) is 54.0 Å². The lowest BCUT2D eigenvalue weighted by molar-refractivity contribution is 0.116. The summed E-state index contributed by atoms with van der Waals surface area (Å²) in [6, 6.07) is 6.39. The maximum atomic E-state index is 11.6. The lowest BCUT2D eigenvalue weighted by Gasteiger charge is -2.26. The van der Waals surface area contributed by atoms with Gasteiger partial charge in [0.05, 0.1) is 12.7 Å².